The summed E-state index contributed by atoms with van der Waals surface area (Å²) in [6, 6.07) is 18.2. The molecule has 4 aromatic rings. The second-order valence-electron chi connectivity index (χ2n) is 5.79. The number of nitrogens with zero attached hydrogens (tertiary/aromatic N) is 1. The number of halogens is 3. The quantitative estimate of drug-likeness (QED) is 0.285. The molecule has 0 aliphatic heterocycles. The van der Waals surface area contributed by atoms with E-state index in [-0.39, 0.29) is 5.91 Å². The van der Waals surface area contributed by atoms with Gasteiger partial charge in [0.1, 0.15) is 5.52 Å². The van der Waals surface area contributed by atoms with Crippen molar-refractivity contribution in [2.75, 3.05) is 5.32 Å². The molecule has 1 heterocycles. The SMILES string of the molecule is O=C(Nc1ccc2oc(-c3ccc(Cl)cc3)nc2c1)c1cc(Br)ccc1I. The summed E-state index contributed by atoms with van der Waals surface area (Å²) in [7, 11) is 0. The molecule has 0 unspecified atom stereocenters. The highest BCUT2D eigenvalue weighted by molar-refractivity contribution is 14.1. The van der Waals surface area contributed by atoms with Crippen LogP contribution in [0, 0.1) is 3.57 Å². The molecule has 0 saturated carbocycles. The third-order valence-electron chi connectivity index (χ3n) is 3.91. The number of rotatable bonds is 3. The molecule has 0 fully saturated rings. The van der Waals surface area contributed by atoms with Crippen LogP contribution in [0.5, 0.6) is 0 Å². The number of benzene rings is 3. The van der Waals surface area contributed by atoms with E-state index in [9.17, 15) is 4.79 Å². The topological polar surface area (TPSA) is 55.1 Å². The number of aromatic nitrogens is 1. The molecule has 27 heavy (non-hydrogen) atoms. The van der Waals surface area contributed by atoms with Crippen molar-refractivity contribution in [3.05, 3.63) is 79.3 Å². The number of carbonyl (C=O) groups excluding carboxylic acids is 1. The van der Waals surface area contributed by atoms with E-state index in [1.54, 1.807) is 36.4 Å². The van der Waals surface area contributed by atoms with Gasteiger partial charge < -0.3 is 9.73 Å². The molecular weight excluding hydrogens is 542 g/mol. The normalized spacial score (nSPS) is 10.9. The molecule has 1 amide bonds. The Balaban J connectivity index is 1.62. The highest BCUT2D eigenvalue weighted by Gasteiger charge is 2.13. The Morgan fingerprint density at radius 2 is 1.85 bits per heavy atom. The van der Waals surface area contributed by atoms with Crippen LogP contribution in [-0.2, 0) is 0 Å². The van der Waals surface area contributed by atoms with E-state index >= 15 is 0 Å². The van der Waals surface area contributed by atoms with Crippen LogP contribution in [0.2, 0.25) is 5.02 Å². The molecule has 1 aromatic heterocycles. The Morgan fingerprint density at radius 1 is 1.07 bits per heavy atom. The van der Waals surface area contributed by atoms with Crippen molar-refractivity contribution in [2.45, 2.75) is 0 Å². The molecule has 4 nitrogen and oxygen atoms in total. The molecule has 0 bridgehead atoms. The minimum atomic E-state index is -0.179. The van der Waals surface area contributed by atoms with Crippen LogP contribution in [-0.4, -0.2) is 10.9 Å². The minimum Gasteiger partial charge on any atom is -0.436 e. The summed E-state index contributed by atoms with van der Waals surface area (Å²) in [6.07, 6.45) is 0. The number of carbonyl (C=O) groups is 1. The summed E-state index contributed by atoms with van der Waals surface area (Å²) in [5, 5.41) is 3.57. The van der Waals surface area contributed by atoms with E-state index in [4.69, 9.17) is 16.0 Å². The summed E-state index contributed by atoms with van der Waals surface area (Å²) in [4.78, 5) is 17.1. The Bertz CT molecular complexity index is 1160. The molecule has 3 aromatic carbocycles. The van der Waals surface area contributed by atoms with Crippen molar-refractivity contribution in [3.8, 4) is 11.5 Å². The van der Waals surface area contributed by atoms with Gasteiger partial charge in [0.2, 0.25) is 5.89 Å². The summed E-state index contributed by atoms with van der Waals surface area (Å²) in [6.45, 7) is 0. The predicted molar refractivity (Wildman–Crippen MR) is 119 cm³/mol. The summed E-state index contributed by atoms with van der Waals surface area (Å²) >= 11 is 11.5. The molecular formula is C20H11BrClIN2O2. The van der Waals surface area contributed by atoms with Crippen LogP contribution >= 0.6 is 50.1 Å². The zero-order chi connectivity index (χ0) is 19.0. The fraction of sp³-hybridized carbons (Fsp3) is 0. The number of anilines is 1. The monoisotopic (exact) mass is 552 g/mol. The largest absolute Gasteiger partial charge is 0.436 e. The molecule has 0 saturated heterocycles. The van der Waals surface area contributed by atoms with Crippen LogP contribution in [0.25, 0.3) is 22.6 Å². The Kier molecular flexibility index (Phi) is 5.21. The summed E-state index contributed by atoms with van der Waals surface area (Å²) in [5.41, 5.74) is 3.41. The fourth-order valence-electron chi connectivity index (χ4n) is 2.59. The average molecular weight is 554 g/mol. The van der Waals surface area contributed by atoms with Gasteiger partial charge in [0.05, 0.1) is 5.56 Å². The van der Waals surface area contributed by atoms with Gasteiger partial charge in [0.15, 0.2) is 5.58 Å². The number of fused-ring (bicyclic) bond motifs is 1. The number of hydrogen-bond acceptors (Lipinski definition) is 3. The van der Waals surface area contributed by atoms with Gasteiger partial charge in [-0.25, -0.2) is 4.98 Å². The molecule has 4 rings (SSSR count). The first-order valence-electron chi connectivity index (χ1n) is 7.92. The van der Waals surface area contributed by atoms with Gasteiger partial charge in [-0.2, -0.15) is 0 Å². The summed E-state index contributed by atoms with van der Waals surface area (Å²) < 4.78 is 7.53. The first-order valence-corrected chi connectivity index (χ1v) is 10.2. The maximum atomic E-state index is 12.6. The lowest BCUT2D eigenvalue weighted by molar-refractivity contribution is 0.102. The second-order valence-corrected chi connectivity index (χ2v) is 8.30. The standard InChI is InChI=1S/C20H11BrClIN2O2/c21-12-3-7-16(23)15(9-12)19(26)24-14-6-8-18-17(10-14)25-20(27-18)11-1-4-13(22)5-2-11/h1-10H,(H,24,26). The molecule has 1 N–H and O–H groups in total. The highest BCUT2D eigenvalue weighted by Crippen LogP contribution is 2.27. The van der Waals surface area contributed by atoms with E-state index in [1.165, 1.54) is 0 Å². The molecule has 0 spiro atoms. The van der Waals surface area contributed by atoms with Crippen LogP contribution in [0.3, 0.4) is 0 Å². The number of oxazole rings is 1. The van der Waals surface area contributed by atoms with Gasteiger partial charge >= 0.3 is 0 Å². The van der Waals surface area contributed by atoms with Crippen LogP contribution < -0.4 is 5.32 Å². The zero-order valence-electron chi connectivity index (χ0n) is 13.7. The number of amides is 1. The lowest BCUT2D eigenvalue weighted by Gasteiger charge is -2.07. The lowest BCUT2D eigenvalue weighted by atomic mass is 10.2. The maximum Gasteiger partial charge on any atom is 0.256 e. The number of hydrogen-bond donors (Lipinski definition) is 1. The molecule has 134 valence electrons. The first-order chi connectivity index (χ1) is 13.0. The van der Waals surface area contributed by atoms with Crippen LogP contribution in [0.4, 0.5) is 5.69 Å². The molecule has 0 aliphatic carbocycles. The Hall–Kier alpha value is -1.90. The van der Waals surface area contributed by atoms with Gasteiger partial charge in [0, 0.05) is 24.3 Å². The van der Waals surface area contributed by atoms with Gasteiger partial charge in [0.25, 0.3) is 5.91 Å². The zero-order valence-corrected chi connectivity index (χ0v) is 18.2. The van der Waals surface area contributed by atoms with E-state index in [2.05, 4.69) is 48.8 Å². The van der Waals surface area contributed by atoms with Crippen molar-refractivity contribution in [3.63, 3.8) is 0 Å². The predicted octanol–water partition coefficient (Wildman–Crippen LogP) is 6.77. The van der Waals surface area contributed by atoms with Gasteiger partial charge in [-0.3, -0.25) is 4.79 Å². The minimum absolute atomic E-state index is 0.179. The van der Waals surface area contributed by atoms with Crippen molar-refractivity contribution in [2.24, 2.45) is 0 Å². The van der Waals surface area contributed by atoms with Gasteiger partial charge in [-0.05, 0) is 83.3 Å². The van der Waals surface area contributed by atoms with E-state index in [0.717, 1.165) is 13.6 Å². The molecule has 0 radical (unpaired) electrons. The third-order valence-corrected chi connectivity index (χ3v) is 5.60. The van der Waals surface area contributed by atoms with Crippen LogP contribution in [0.1, 0.15) is 10.4 Å². The first kappa shape index (κ1) is 18.5. The summed E-state index contributed by atoms with van der Waals surface area (Å²) in [5.74, 6) is 0.327. The second kappa shape index (κ2) is 7.61. The van der Waals surface area contributed by atoms with Gasteiger partial charge in [-0.15, -0.1) is 0 Å². The van der Waals surface area contributed by atoms with E-state index < -0.39 is 0 Å². The van der Waals surface area contributed by atoms with Gasteiger partial charge in [-0.1, -0.05) is 27.5 Å². The van der Waals surface area contributed by atoms with E-state index in [1.807, 2.05) is 24.3 Å². The van der Waals surface area contributed by atoms with Crippen molar-refractivity contribution < 1.29 is 9.21 Å². The van der Waals surface area contributed by atoms with E-state index in [0.29, 0.717) is 33.3 Å². The number of nitrogens with one attached hydrogen (secondary N) is 1. The Labute approximate surface area is 182 Å². The van der Waals surface area contributed by atoms with Crippen molar-refractivity contribution in [1.29, 1.82) is 0 Å². The maximum absolute atomic E-state index is 12.6. The van der Waals surface area contributed by atoms with Crippen molar-refractivity contribution in [1.82, 2.24) is 4.98 Å². The molecule has 0 atom stereocenters. The fourth-order valence-corrected chi connectivity index (χ4v) is 3.66. The highest BCUT2D eigenvalue weighted by atomic mass is 127. The lowest BCUT2D eigenvalue weighted by Crippen LogP contribution is -2.13. The van der Waals surface area contributed by atoms with Crippen LogP contribution in [0.15, 0.2) is 69.6 Å². The smallest absolute Gasteiger partial charge is 0.256 e. The van der Waals surface area contributed by atoms with Crippen molar-refractivity contribution >= 4 is 72.8 Å². The Morgan fingerprint density at radius 3 is 2.63 bits per heavy atom. The third kappa shape index (κ3) is 4.02. The molecule has 7 heteroatoms. The molecule has 0 aliphatic rings. The average Bonchev–Trinajstić information content (AvgIpc) is 3.07.